The summed E-state index contributed by atoms with van der Waals surface area (Å²) in [5, 5.41) is 3.12. The first-order valence-electron chi connectivity index (χ1n) is 5.25. The molecule has 0 bridgehead atoms. The largest absolute Gasteiger partial charge is 0.319 e. The molecule has 1 amide bonds. The van der Waals surface area contributed by atoms with Gasteiger partial charge in [-0.2, -0.15) is 0 Å². The SMILES string of the molecule is CNCCc1ccc2c(c1)CC(=O)N2C. The van der Waals surface area contributed by atoms with E-state index in [-0.39, 0.29) is 5.91 Å². The van der Waals surface area contributed by atoms with Gasteiger partial charge in [0, 0.05) is 12.7 Å². The second-order valence-electron chi connectivity index (χ2n) is 3.95. The highest BCUT2D eigenvalue weighted by Crippen LogP contribution is 2.28. The number of amides is 1. The van der Waals surface area contributed by atoms with Gasteiger partial charge in [0.15, 0.2) is 0 Å². The van der Waals surface area contributed by atoms with Crippen molar-refractivity contribution in [3.05, 3.63) is 29.3 Å². The minimum atomic E-state index is 0.191. The summed E-state index contributed by atoms with van der Waals surface area (Å²) in [7, 11) is 3.78. The van der Waals surface area contributed by atoms with Crippen LogP contribution in [0.15, 0.2) is 18.2 Å². The predicted molar refractivity (Wildman–Crippen MR) is 61.2 cm³/mol. The maximum atomic E-state index is 11.5. The number of likely N-dealkylation sites (N-methyl/N-ethyl adjacent to an activating group) is 2. The summed E-state index contributed by atoms with van der Waals surface area (Å²) in [6, 6.07) is 6.30. The first-order valence-corrected chi connectivity index (χ1v) is 5.25. The standard InChI is InChI=1S/C12H16N2O/c1-13-6-5-9-3-4-11-10(7-9)8-12(15)14(11)2/h3-4,7,13H,5-6,8H2,1-2H3. The molecule has 1 N–H and O–H groups in total. The summed E-state index contributed by atoms with van der Waals surface area (Å²) >= 11 is 0. The maximum Gasteiger partial charge on any atom is 0.231 e. The van der Waals surface area contributed by atoms with Crippen LogP contribution in [0.5, 0.6) is 0 Å². The van der Waals surface area contributed by atoms with Crippen molar-refractivity contribution in [2.24, 2.45) is 0 Å². The van der Waals surface area contributed by atoms with Crippen molar-refractivity contribution in [2.45, 2.75) is 12.8 Å². The summed E-state index contributed by atoms with van der Waals surface area (Å²) in [5.74, 6) is 0.191. The Hall–Kier alpha value is -1.35. The van der Waals surface area contributed by atoms with Gasteiger partial charge in [-0.25, -0.2) is 0 Å². The molecule has 0 spiro atoms. The molecule has 15 heavy (non-hydrogen) atoms. The van der Waals surface area contributed by atoms with Gasteiger partial charge in [-0.05, 0) is 37.2 Å². The molecule has 0 saturated carbocycles. The van der Waals surface area contributed by atoms with E-state index in [1.54, 1.807) is 4.90 Å². The van der Waals surface area contributed by atoms with E-state index in [9.17, 15) is 4.79 Å². The van der Waals surface area contributed by atoms with Crippen molar-refractivity contribution in [2.75, 3.05) is 25.5 Å². The van der Waals surface area contributed by atoms with E-state index in [4.69, 9.17) is 0 Å². The molecular weight excluding hydrogens is 188 g/mol. The number of carbonyl (C=O) groups is 1. The van der Waals surface area contributed by atoms with Crippen molar-refractivity contribution in [3.8, 4) is 0 Å². The highest BCUT2D eigenvalue weighted by molar-refractivity contribution is 6.00. The van der Waals surface area contributed by atoms with Crippen molar-refractivity contribution in [3.63, 3.8) is 0 Å². The summed E-state index contributed by atoms with van der Waals surface area (Å²) in [5.41, 5.74) is 3.52. The molecule has 1 aromatic rings. The molecule has 0 fully saturated rings. The monoisotopic (exact) mass is 204 g/mol. The second-order valence-corrected chi connectivity index (χ2v) is 3.95. The highest BCUT2D eigenvalue weighted by atomic mass is 16.2. The molecular formula is C12H16N2O. The summed E-state index contributed by atoms with van der Waals surface area (Å²) in [6.45, 7) is 0.975. The van der Waals surface area contributed by atoms with E-state index in [0.29, 0.717) is 6.42 Å². The smallest absolute Gasteiger partial charge is 0.231 e. The summed E-state index contributed by atoms with van der Waals surface area (Å²) < 4.78 is 0. The van der Waals surface area contributed by atoms with Gasteiger partial charge in [0.25, 0.3) is 0 Å². The van der Waals surface area contributed by atoms with Crippen LogP contribution in [0.4, 0.5) is 5.69 Å². The lowest BCUT2D eigenvalue weighted by Crippen LogP contribution is -2.20. The van der Waals surface area contributed by atoms with Gasteiger partial charge in [0.2, 0.25) is 5.91 Å². The molecule has 1 aliphatic heterocycles. The fraction of sp³-hybridized carbons (Fsp3) is 0.417. The van der Waals surface area contributed by atoms with Crippen LogP contribution in [0.2, 0.25) is 0 Å². The zero-order valence-electron chi connectivity index (χ0n) is 9.21. The third-order valence-corrected chi connectivity index (χ3v) is 2.88. The molecule has 3 heteroatoms. The van der Waals surface area contributed by atoms with Crippen molar-refractivity contribution >= 4 is 11.6 Å². The minimum Gasteiger partial charge on any atom is -0.319 e. The van der Waals surface area contributed by atoms with Crippen LogP contribution in [0, 0.1) is 0 Å². The van der Waals surface area contributed by atoms with Crippen LogP contribution in [0.1, 0.15) is 11.1 Å². The lowest BCUT2D eigenvalue weighted by molar-refractivity contribution is -0.117. The molecule has 80 valence electrons. The molecule has 3 nitrogen and oxygen atoms in total. The Labute approximate surface area is 90.1 Å². The molecule has 0 atom stereocenters. The highest BCUT2D eigenvalue weighted by Gasteiger charge is 2.23. The van der Waals surface area contributed by atoms with Crippen LogP contribution < -0.4 is 10.2 Å². The number of fused-ring (bicyclic) bond motifs is 1. The number of hydrogen-bond acceptors (Lipinski definition) is 2. The van der Waals surface area contributed by atoms with Gasteiger partial charge in [-0.3, -0.25) is 4.79 Å². The Bertz CT molecular complexity index is 387. The third kappa shape index (κ3) is 1.88. The Kier molecular flexibility index (Phi) is 2.73. The lowest BCUT2D eigenvalue weighted by Gasteiger charge is -2.10. The average molecular weight is 204 g/mol. The summed E-state index contributed by atoms with van der Waals surface area (Å²) in [4.78, 5) is 13.2. The molecule has 0 aromatic heterocycles. The fourth-order valence-electron chi connectivity index (χ4n) is 1.95. The Balaban J connectivity index is 2.22. The predicted octanol–water partition coefficient (Wildman–Crippen LogP) is 0.967. The van der Waals surface area contributed by atoms with Crippen molar-refractivity contribution in [1.82, 2.24) is 5.32 Å². The van der Waals surface area contributed by atoms with Crippen LogP contribution in [-0.2, 0) is 17.6 Å². The molecule has 0 unspecified atom stereocenters. The van der Waals surface area contributed by atoms with Gasteiger partial charge < -0.3 is 10.2 Å². The Morgan fingerprint density at radius 2 is 2.27 bits per heavy atom. The molecule has 1 heterocycles. The van der Waals surface area contributed by atoms with E-state index in [0.717, 1.165) is 24.2 Å². The molecule has 1 aromatic carbocycles. The zero-order valence-corrected chi connectivity index (χ0v) is 9.21. The van der Waals surface area contributed by atoms with Gasteiger partial charge in [0.1, 0.15) is 0 Å². The zero-order chi connectivity index (χ0) is 10.8. The van der Waals surface area contributed by atoms with E-state index >= 15 is 0 Å². The van der Waals surface area contributed by atoms with E-state index in [1.807, 2.05) is 20.2 Å². The van der Waals surface area contributed by atoms with Crippen LogP contribution in [0.3, 0.4) is 0 Å². The van der Waals surface area contributed by atoms with Gasteiger partial charge in [-0.1, -0.05) is 12.1 Å². The molecule has 1 aliphatic rings. The molecule has 0 radical (unpaired) electrons. The average Bonchev–Trinajstić information content (AvgIpc) is 2.52. The third-order valence-electron chi connectivity index (χ3n) is 2.88. The first kappa shape index (κ1) is 10.2. The van der Waals surface area contributed by atoms with Gasteiger partial charge in [0.05, 0.1) is 6.42 Å². The number of nitrogens with zero attached hydrogens (tertiary/aromatic N) is 1. The first-order chi connectivity index (χ1) is 7.22. The van der Waals surface area contributed by atoms with E-state index in [1.165, 1.54) is 5.56 Å². The van der Waals surface area contributed by atoms with Crippen LogP contribution in [-0.4, -0.2) is 26.5 Å². The number of rotatable bonds is 3. The lowest BCUT2D eigenvalue weighted by atomic mass is 10.1. The maximum absolute atomic E-state index is 11.5. The number of benzene rings is 1. The second kappa shape index (κ2) is 4.03. The van der Waals surface area contributed by atoms with Crippen LogP contribution in [0.25, 0.3) is 0 Å². The Morgan fingerprint density at radius 1 is 1.47 bits per heavy atom. The number of carbonyl (C=O) groups excluding carboxylic acids is 1. The van der Waals surface area contributed by atoms with Gasteiger partial charge >= 0.3 is 0 Å². The fourth-order valence-corrected chi connectivity index (χ4v) is 1.95. The number of anilines is 1. The minimum absolute atomic E-state index is 0.191. The molecule has 0 saturated heterocycles. The quantitative estimate of drug-likeness (QED) is 0.795. The van der Waals surface area contributed by atoms with Gasteiger partial charge in [-0.15, -0.1) is 0 Å². The van der Waals surface area contributed by atoms with E-state index in [2.05, 4.69) is 17.4 Å². The normalized spacial score (nSPS) is 14.5. The van der Waals surface area contributed by atoms with Crippen molar-refractivity contribution < 1.29 is 4.79 Å². The number of hydrogen-bond donors (Lipinski definition) is 1. The Morgan fingerprint density at radius 3 is 3.00 bits per heavy atom. The summed E-state index contributed by atoms with van der Waals surface area (Å²) in [6.07, 6.45) is 1.57. The van der Waals surface area contributed by atoms with E-state index < -0.39 is 0 Å². The van der Waals surface area contributed by atoms with Crippen molar-refractivity contribution in [1.29, 1.82) is 0 Å². The van der Waals surface area contributed by atoms with Crippen LogP contribution >= 0.6 is 0 Å². The molecule has 2 rings (SSSR count). The topological polar surface area (TPSA) is 32.3 Å². The molecule has 0 aliphatic carbocycles. The number of nitrogens with one attached hydrogen (secondary N) is 1.